The first-order valence-corrected chi connectivity index (χ1v) is 5.75. The van der Waals surface area contributed by atoms with Crippen LogP contribution in [0.15, 0.2) is 0 Å². The predicted octanol–water partition coefficient (Wildman–Crippen LogP) is 1.09. The second-order valence-electron chi connectivity index (χ2n) is 5.22. The molecule has 1 fully saturated rings. The molecule has 0 saturated carbocycles. The molecule has 1 saturated heterocycles. The van der Waals surface area contributed by atoms with Gasteiger partial charge < -0.3 is 9.80 Å². The van der Waals surface area contributed by atoms with Gasteiger partial charge in [-0.25, -0.2) is 0 Å². The van der Waals surface area contributed by atoms with Gasteiger partial charge in [-0.05, 0) is 40.8 Å². The van der Waals surface area contributed by atoms with Gasteiger partial charge in [-0.3, -0.25) is 4.79 Å². The highest BCUT2D eigenvalue weighted by atomic mass is 16.2. The van der Waals surface area contributed by atoms with Gasteiger partial charge in [-0.1, -0.05) is 0 Å². The zero-order valence-corrected chi connectivity index (χ0v) is 10.7. The van der Waals surface area contributed by atoms with Crippen molar-refractivity contribution in [2.45, 2.75) is 32.7 Å². The van der Waals surface area contributed by atoms with E-state index in [1.165, 1.54) is 0 Å². The summed E-state index contributed by atoms with van der Waals surface area (Å²) in [6.07, 6.45) is 2.00. The molecule has 0 atom stereocenters. The molecular weight excluding hydrogens is 202 g/mol. The standard InChI is InChI=1S/C12H21N3O/c1-12(2,9-13)11(16)15-7-5-10(6-8-15)14(3)4/h10H,5-8H2,1-4H3. The largest absolute Gasteiger partial charge is 0.341 e. The zero-order valence-electron chi connectivity index (χ0n) is 10.7. The summed E-state index contributed by atoms with van der Waals surface area (Å²) in [5, 5.41) is 8.93. The van der Waals surface area contributed by atoms with Crippen LogP contribution in [0.4, 0.5) is 0 Å². The van der Waals surface area contributed by atoms with Crippen LogP contribution < -0.4 is 0 Å². The Labute approximate surface area is 97.8 Å². The maximum absolute atomic E-state index is 12.0. The molecule has 0 aromatic carbocycles. The van der Waals surface area contributed by atoms with Crippen LogP contribution in [0.1, 0.15) is 26.7 Å². The number of carbonyl (C=O) groups is 1. The molecule has 4 nitrogen and oxygen atoms in total. The van der Waals surface area contributed by atoms with E-state index in [1.807, 2.05) is 4.90 Å². The summed E-state index contributed by atoms with van der Waals surface area (Å²) in [5.41, 5.74) is -0.884. The normalized spacial score (nSPS) is 18.6. The third kappa shape index (κ3) is 2.73. The summed E-state index contributed by atoms with van der Waals surface area (Å²) in [5.74, 6) is -0.0350. The minimum Gasteiger partial charge on any atom is -0.341 e. The van der Waals surface area contributed by atoms with E-state index in [4.69, 9.17) is 5.26 Å². The van der Waals surface area contributed by atoms with Crippen LogP contribution in [0, 0.1) is 16.7 Å². The van der Waals surface area contributed by atoms with Crippen molar-refractivity contribution < 1.29 is 4.79 Å². The third-order valence-electron chi connectivity index (χ3n) is 3.30. The van der Waals surface area contributed by atoms with Crippen molar-refractivity contribution in [1.82, 2.24) is 9.80 Å². The lowest BCUT2D eigenvalue weighted by molar-refractivity contribution is -0.139. The van der Waals surface area contributed by atoms with Crippen molar-refractivity contribution in [1.29, 1.82) is 5.26 Å². The van der Waals surface area contributed by atoms with E-state index in [2.05, 4.69) is 25.1 Å². The Bertz CT molecular complexity index is 296. The molecule has 0 unspecified atom stereocenters. The minimum atomic E-state index is -0.884. The van der Waals surface area contributed by atoms with Crippen molar-refractivity contribution in [3.8, 4) is 6.07 Å². The Morgan fingerprint density at radius 2 is 1.88 bits per heavy atom. The Kier molecular flexibility index (Phi) is 3.93. The number of nitriles is 1. The van der Waals surface area contributed by atoms with Gasteiger partial charge >= 0.3 is 0 Å². The fraction of sp³-hybridized carbons (Fsp3) is 0.833. The summed E-state index contributed by atoms with van der Waals surface area (Å²) in [4.78, 5) is 16.0. The molecule has 0 aliphatic carbocycles. The summed E-state index contributed by atoms with van der Waals surface area (Å²) >= 11 is 0. The highest BCUT2D eigenvalue weighted by Crippen LogP contribution is 2.22. The molecule has 90 valence electrons. The van der Waals surface area contributed by atoms with E-state index in [0.29, 0.717) is 6.04 Å². The first kappa shape index (κ1) is 13.0. The topological polar surface area (TPSA) is 47.3 Å². The maximum Gasteiger partial charge on any atom is 0.242 e. The van der Waals surface area contributed by atoms with Crippen LogP contribution in [0.2, 0.25) is 0 Å². The van der Waals surface area contributed by atoms with Gasteiger partial charge in [-0.15, -0.1) is 0 Å². The Hall–Kier alpha value is -1.08. The van der Waals surface area contributed by atoms with Crippen LogP contribution in [0.3, 0.4) is 0 Å². The summed E-state index contributed by atoms with van der Waals surface area (Å²) in [6.45, 7) is 4.92. The average Bonchev–Trinajstić information content (AvgIpc) is 2.28. The second-order valence-corrected chi connectivity index (χ2v) is 5.22. The molecular formula is C12H21N3O. The highest BCUT2D eigenvalue weighted by molar-refractivity contribution is 5.84. The lowest BCUT2D eigenvalue weighted by Gasteiger charge is -2.37. The van der Waals surface area contributed by atoms with E-state index in [0.717, 1.165) is 25.9 Å². The van der Waals surface area contributed by atoms with Crippen molar-refractivity contribution >= 4 is 5.91 Å². The smallest absolute Gasteiger partial charge is 0.242 e. The number of amides is 1. The van der Waals surface area contributed by atoms with E-state index >= 15 is 0 Å². The highest BCUT2D eigenvalue weighted by Gasteiger charge is 2.34. The summed E-state index contributed by atoms with van der Waals surface area (Å²) in [7, 11) is 4.14. The Morgan fingerprint density at radius 1 is 1.38 bits per heavy atom. The van der Waals surface area contributed by atoms with Crippen LogP contribution in [0.5, 0.6) is 0 Å². The molecule has 0 N–H and O–H groups in total. The van der Waals surface area contributed by atoms with Crippen molar-refractivity contribution in [2.75, 3.05) is 27.2 Å². The van der Waals surface area contributed by atoms with E-state index in [-0.39, 0.29) is 5.91 Å². The van der Waals surface area contributed by atoms with Crippen LogP contribution in [0.25, 0.3) is 0 Å². The Balaban J connectivity index is 2.55. The quantitative estimate of drug-likeness (QED) is 0.704. The number of likely N-dealkylation sites (tertiary alicyclic amines) is 1. The molecule has 0 spiro atoms. The molecule has 0 bridgehead atoms. The third-order valence-corrected chi connectivity index (χ3v) is 3.30. The molecule has 1 heterocycles. The monoisotopic (exact) mass is 223 g/mol. The molecule has 1 amide bonds. The van der Waals surface area contributed by atoms with E-state index in [1.54, 1.807) is 13.8 Å². The van der Waals surface area contributed by atoms with Crippen molar-refractivity contribution in [2.24, 2.45) is 5.41 Å². The average molecular weight is 223 g/mol. The molecule has 1 rings (SSSR count). The Morgan fingerprint density at radius 3 is 2.25 bits per heavy atom. The van der Waals surface area contributed by atoms with Gasteiger partial charge in [0.05, 0.1) is 6.07 Å². The number of hydrogen-bond acceptors (Lipinski definition) is 3. The van der Waals surface area contributed by atoms with Crippen molar-refractivity contribution in [3.05, 3.63) is 0 Å². The van der Waals surface area contributed by atoms with Gasteiger partial charge in [-0.2, -0.15) is 5.26 Å². The summed E-state index contributed by atoms with van der Waals surface area (Å²) < 4.78 is 0. The zero-order chi connectivity index (χ0) is 12.3. The fourth-order valence-electron chi connectivity index (χ4n) is 2.03. The van der Waals surface area contributed by atoms with Gasteiger partial charge in [0, 0.05) is 19.1 Å². The van der Waals surface area contributed by atoms with Gasteiger partial charge in [0.1, 0.15) is 5.41 Å². The molecule has 0 aromatic rings. The van der Waals surface area contributed by atoms with Gasteiger partial charge in [0.2, 0.25) is 5.91 Å². The van der Waals surface area contributed by atoms with Gasteiger partial charge in [0.25, 0.3) is 0 Å². The summed E-state index contributed by atoms with van der Waals surface area (Å²) in [6, 6.07) is 2.63. The number of piperidine rings is 1. The fourth-order valence-corrected chi connectivity index (χ4v) is 2.03. The van der Waals surface area contributed by atoms with Crippen molar-refractivity contribution in [3.63, 3.8) is 0 Å². The molecule has 16 heavy (non-hydrogen) atoms. The molecule has 4 heteroatoms. The molecule has 1 aliphatic heterocycles. The minimum absolute atomic E-state index is 0.0350. The molecule has 1 aliphatic rings. The number of carbonyl (C=O) groups excluding carboxylic acids is 1. The van der Waals surface area contributed by atoms with E-state index < -0.39 is 5.41 Å². The van der Waals surface area contributed by atoms with Crippen LogP contribution >= 0.6 is 0 Å². The first-order valence-electron chi connectivity index (χ1n) is 5.75. The molecule has 0 radical (unpaired) electrons. The number of nitrogens with zero attached hydrogens (tertiary/aromatic N) is 3. The predicted molar refractivity (Wildman–Crippen MR) is 62.7 cm³/mol. The van der Waals surface area contributed by atoms with Crippen LogP contribution in [-0.2, 0) is 4.79 Å². The molecule has 0 aromatic heterocycles. The second kappa shape index (κ2) is 4.84. The van der Waals surface area contributed by atoms with Crippen LogP contribution in [-0.4, -0.2) is 48.9 Å². The SMILES string of the molecule is CN(C)C1CCN(C(=O)C(C)(C)C#N)CC1. The first-order chi connectivity index (χ1) is 7.38. The van der Waals surface area contributed by atoms with E-state index in [9.17, 15) is 4.79 Å². The maximum atomic E-state index is 12.0. The lowest BCUT2D eigenvalue weighted by atomic mass is 9.92. The lowest BCUT2D eigenvalue weighted by Crippen LogP contribution is -2.48. The number of rotatable bonds is 2. The van der Waals surface area contributed by atoms with Gasteiger partial charge in [0.15, 0.2) is 0 Å². The number of hydrogen-bond donors (Lipinski definition) is 0.